The second kappa shape index (κ2) is 5.08. The number of nitrogens with zero attached hydrogens (tertiary/aromatic N) is 1. The smallest absolute Gasteiger partial charge is 0.227 e. The summed E-state index contributed by atoms with van der Waals surface area (Å²) < 4.78 is 0. The van der Waals surface area contributed by atoms with Gasteiger partial charge in [0.25, 0.3) is 0 Å². The van der Waals surface area contributed by atoms with Crippen molar-refractivity contribution >= 4 is 5.91 Å². The predicted molar refractivity (Wildman–Crippen MR) is 69.9 cm³/mol. The second-order valence-corrected chi connectivity index (χ2v) is 5.21. The van der Waals surface area contributed by atoms with Gasteiger partial charge in [0, 0.05) is 19.6 Å². The average molecular weight is 248 g/mol. The first-order valence-corrected chi connectivity index (χ1v) is 6.29. The van der Waals surface area contributed by atoms with Crippen LogP contribution in [0.1, 0.15) is 24.5 Å². The lowest BCUT2D eigenvalue weighted by atomic mass is 10.0. The minimum atomic E-state index is -0.733. The molecule has 1 amide bonds. The molecule has 1 saturated heterocycles. The van der Waals surface area contributed by atoms with Gasteiger partial charge in [-0.1, -0.05) is 24.3 Å². The molecule has 3 N–H and O–H groups in total. The minimum absolute atomic E-state index is 0.0636. The molecule has 1 aliphatic rings. The number of aliphatic hydroxyl groups is 1. The number of β-amino-alcohol motifs (C(OH)–C–C–N with tert-alkyl or cyclic N) is 1. The molecule has 1 fully saturated rings. The summed E-state index contributed by atoms with van der Waals surface area (Å²) in [5.41, 5.74) is 6.92. The largest absolute Gasteiger partial charge is 0.388 e. The van der Waals surface area contributed by atoms with Crippen LogP contribution in [0.2, 0.25) is 0 Å². The van der Waals surface area contributed by atoms with E-state index < -0.39 is 5.60 Å². The van der Waals surface area contributed by atoms with E-state index in [1.807, 2.05) is 24.3 Å². The Hall–Kier alpha value is -1.39. The van der Waals surface area contributed by atoms with Gasteiger partial charge in [-0.3, -0.25) is 4.79 Å². The maximum Gasteiger partial charge on any atom is 0.227 e. The topological polar surface area (TPSA) is 66.6 Å². The van der Waals surface area contributed by atoms with Crippen LogP contribution in [0.15, 0.2) is 24.3 Å². The van der Waals surface area contributed by atoms with Crippen molar-refractivity contribution < 1.29 is 9.90 Å². The van der Waals surface area contributed by atoms with E-state index >= 15 is 0 Å². The summed E-state index contributed by atoms with van der Waals surface area (Å²) in [5, 5.41) is 9.87. The molecule has 2 rings (SSSR count). The van der Waals surface area contributed by atoms with Crippen molar-refractivity contribution in [2.24, 2.45) is 5.73 Å². The van der Waals surface area contributed by atoms with Crippen molar-refractivity contribution in [1.29, 1.82) is 0 Å². The molecular weight excluding hydrogens is 228 g/mol. The van der Waals surface area contributed by atoms with Gasteiger partial charge in [-0.15, -0.1) is 0 Å². The Balaban J connectivity index is 2.04. The van der Waals surface area contributed by atoms with Gasteiger partial charge in [0.15, 0.2) is 0 Å². The van der Waals surface area contributed by atoms with Crippen LogP contribution in [0.3, 0.4) is 0 Å². The highest BCUT2D eigenvalue weighted by Crippen LogP contribution is 2.21. The van der Waals surface area contributed by atoms with Crippen molar-refractivity contribution in [3.05, 3.63) is 35.4 Å². The van der Waals surface area contributed by atoms with E-state index in [0.29, 0.717) is 32.5 Å². The van der Waals surface area contributed by atoms with Crippen LogP contribution in [0.25, 0.3) is 0 Å². The molecule has 1 atom stereocenters. The van der Waals surface area contributed by atoms with E-state index in [1.54, 1.807) is 11.8 Å². The number of hydrogen-bond donors (Lipinski definition) is 2. The van der Waals surface area contributed by atoms with E-state index in [2.05, 4.69) is 0 Å². The van der Waals surface area contributed by atoms with Crippen molar-refractivity contribution in [3.8, 4) is 0 Å². The first-order chi connectivity index (χ1) is 8.52. The Morgan fingerprint density at radius 1 is 1.44 bits per heavy atom. The van der Waals surface area contributed by atoms with Crippen LogP contribution < -0.4 is 5.73 Å². The maximum atomic E-state index is 12.1. The lowest BCUT2D eigenvalue weighted by Gasteiger charge is -2.19. The van der Waals surface area contributed by atoms with Gasteiger partial charge in [0.2, 0.25) is 5.91 Å². The molecule has 4 heteroatoms. The standard InChI is InChI=1S/C14H20N2O2/c1-14(18)6-7-16(10-14)13(17)8-11-4-2-3-5-12(11)9-15/h2-5,18H,6-10,15H2,1H3. The van der Waals surface area contributed by atoms with Gasteiger partial charge >= 0.3 is 0 Å². The lowest BCUT2D eigenvalue weighted by molar-refractivity contribution is -0.130. The molecular formula is C14H20N2O2. The third-order valence-electron chi connectivity index (χ3n) is 3.48. The summed E-state index contributed by atoms with van der Waals surface area (Å²) in [4.78, 5) is 13.9. The quantitative estimate of drug-likeness (QED) is 0.826. The molecule has 0 aromatic heterocycles. The molecule has 1 aromatic rings. The van der Waals surface area contributed by atoms with Crippen LogP contribution in [0.5, 0.6) is 0 Å². The van der Waals surface area contributed by atoms with Gasteiger partial charge in [-0.2, -0.15) is 0 Å². The van der Waals surface area contributed by atoms with Crippen LogP contribution in [0.4, 0.5) is 0 Å². The maximum absolute atomic E-state index is 12.1. The number of amides is 1. The van der Waals surface area contributed by atoms with Gasteiger partial charge in [-0.25, -0.2) is 0 Å². The van der Waals surface area contributed by atoms with Crippen LogP contribution >= 0.6 is 0 Å². The highest BCUT2D eigenvalue weighted by Gasteiger charge is 2.33. The molecule has 98 valence electrons. The summed E-state index contributed by atoms with van der Waals surface area (Å²) in [5.74, 6) is 0.0636. The molecule has 0 spiro atoms. The minimum Gasteiger partial charge on any atom is -0.388 e. The summed E-state index contributed by atoms with van der Waals surface area (Å²) in [7, 11) is 0. The number of carbonyl (C=O) groups is 1. The Kier molecular flexibility index (Phi) is 3.68. The van der Waals surface area contributed by atoms with Crippen molar-refractivity contribution in [2.45, 2.75) is 31.9 Å². The lowest BCUT2D eigenvalue weighted by Crippen LogP contribution is -2.34. The zero-order valence-corrected chi connectivity index (χ0v) is 10.7. The number of nitrogens with two attached hydrogens (primary N) is 1. The van der Waals surface area contributed by atoms with E-state index in [9.17, 15) is 9.90 Å². The molecule has 4 nitrogen and oxygen atoms in total. The zero-order chi connectivity index (χ0) is 13.2. The van der Waals surface area contributed by atoms with Crippen molar-refractivity contribution in [2.75, 3.05) is 13.1 Å². The number of rotatable bonds is 3. The average Bonchev–Trinajstić information content (AvgIpc) is 2.70. The van der Waals surface area contributed by atoms with Gasteiger partial charge in [0.1, 0.15) is 0 Å². The molecule has 18 heavy (non-hydrogen) atoms. The zero-order valence-electron chi connectivity index (χ0n) is 10.7. The Morgan fingerprint density at radius 3 is 2.67 bits per heavy atom. The van der Waals surface area contributed by atoms with Crippen LogP contribution in [0, 0.1) is 0 Å². The number of carbonyl (C=O) groups excluding carboxylic acids is 1. The molecule has 0 saturated carbocycles. The molecule has 1 unspecified atom stereocenters. The van der Waals surface area contributed by atoms with E-state index in [4.69, 9.17) is 5.73 Å². The second-order valence-electron chi connectivity index (χ2n) is 5.21. The third-order valence-corrected chi connectivity index (χ3v) is 3.48. The van der Waals surface area contributed by atoms with E-state index in [1.165, 1.54) is 0 Å². The predicted octanol–water partition coefficient (Wildman–Crippen LogP) is 0.671. The Morgan fingerprint density at radius 2 is 2.11 bits per heavy atom. The normalized spacial score (nSPS) is 23.4. The monoisotopic (exact) mass is 248 g/mol. The molecule has 0 aliphatic carbocycles. The summed E-state index contributed by atoms with van der Waals surface area (Å²) in [6.45, 7) is 3.28. The van der Waals surface area contributed by atoms with Gasteiger partial charge < -0.3 is 15.7 Å². The van der Waals surface area contributed by atoms with Gasteiger partial charge in [-0.05, 0) is 24.5 Å². The molecule has 1 heterocycles. The van der Waals surface area contributed by atoms with E-state index in [-0.39, 0.29) is 5.91 Å². The number of hydrogen-bond acceptors (Lipinski definition) is 3. The fourth-order valence-electron chi connectivity index (χ4n) is 2.36. The SMILES string of the molecule is CC1(O)CCN(C(=O)Cc2ccccc2CN)C1. The highest BCUT2D eigenvalue weighted by molar-refractivity contribution is 5.79. The fourth-order valence-corrected chi connectivity index (χ4v) is 2.36. The molecule has 1 aromatic carbocycles. The summed E-state index contributed by atoms with van der Waals surface area (Å²) in [6, 6.07) is 7.73. The first kappa shape index (κ1) is 13.1. The Labute approximate surface area is 107 Å². The van der Waals surface area contributed by atoms with Crippen molar-refractivity contribution in [1.82, 2.24) is 4.90 Å². The first-order valence-electron chi connectivity index (χ1n) is 6.29. The third kappa shape index (κ3) is 2.89. The summed E-state index contributed by atoms with van der Waals surface area (Å²) >= 11 is 0. The number of benzene rings is 1. The summed E-state index contributed by atoms with van der Waals surface area (Å²) in [6.07, 6.45) is 1.01. The fraction of sp³-hybridized carbons (Fsp3) is 0.500. The van der Waals surface area contributed by atoms with Crippen LogP contribution in [-0.4, -0.2) is 34.6 Å². The highest BCUT2D eigenvalue weighted by atomic mass is 16.3. The van der Waals surface area contributed by atoms with E-state index in [0.717, 1.165) is 11.1 Å². The van der Waals surface area contributed by atoms with Crippen molar-refractivity contribution in [3.63, 3.8) is 0 Å². The Bertz CT molecular complexity index is 443. The van der Waals surface area contributed by atoms with Crippen LogP contribution in [-0.2, 0) is 17.8 Å². The molecule has 1 aliphatic heterocycles. The number of likely N-dealkylation sites (tertiary alicyclic amines) is 1. The van der Waals surface area contributed by atoms with Gasteiger partial charge in [0.05, 0.1) is 12.0 Å². The molecule has 0 radical (unpaired) electrons. The molecule has 0 bridgehead atoms.